The molecular formula is C25H36O4. The van der Waals surface area contributed by atoms with Crippen LogP contribution in [0.25, 0.3) is 0 Å². The maximum Gasteiger partial charge on any atom is 0.147 e. The molecule has 0 N–H and O–H groups in total. The van der Waals surface area contributed by atoms with E-state index in [-0.39, 0.29) is 30.5 Å². The molecule has 4 nitrogen and oxygen atoms in total. The van der Waals surface area contributed by atoms with Crippen LogP contribution in [0.3, 0.4) is 0 Å². The lowest BCUT2D eigenvalue weighted by atomic mass is 9.94. The van der Waals surface area contributed by atoms with Crippen LogP contribution in [0.15, 0.2) is 42.0 Å². The minimum Gasteiger partial charge on any atom is -0.377 e. The SMILES string of the molecule is COCO[C@@H](/C(C)=C/[C@H](C)CC(C)=O)[C@H](C)C#CCCCOCc1ccccc1. The fourth-order valence-corrected chi connectivity index (χ4v) is 3.20. The summed E-state index contributed by atoms with van der Waals surface area (Å²) in [7, 11) is 1.61. The van der Waals surface area contributed by atoms with Crippen LogP contribution in [-0.4, -0.2) is 32.4 Å². The highest BCUT2D eigenvalue weighted by atomic mass is 16.7. The first-order chi connectivity index (χ1) is 13.9. The van der Waals surface area contributed by atoms with Crippen molar-refractivity contribution < 1.29 is 19.0 Å². The summed E-state index contributed by atoms with van der Waals surface area (Å²) in [4.78, 5) is 11.3. The second kappa shape index (κ2) is 15.0. The van der Waals surface area contributed by atoms with Crippen molar-refractivity contribution in [2.24, 2.45) is 11.8 Å². The summed E-state index contributed by atoms with van der Waals surface area (Å²) in [5.74, 6) is 6.96. The molecule has 0 bridgehead atoms. The van der Waals surface area contributed by atoms with Gasteiger partial charge in [-0.1, -0.05) is 49.3 Å². The lowest BCUT2D eigenvalue weighted by Gasteiger charge is -2.22. The molecule has 0 spiro atoms. The molecule has 0 aliphatic rings. The van der Waals surface area contributed by atoms with Crippen molar-refractivity contribution in [1.29, 1.82) is 0 Å². The molecule has 0 amide bonds. The van der Waals surface area contributed by atoms with Crippen LogP contribution in [0.5, 0.6) is 0 Å². The third-order valence-corrected chi connectivity index (χ3v) is 4.46. The van der Waals surface area contributed by atoms with E-state index in [9.17, 15) is 4.79 Å². The zero-order valence-corrected chi connectivity index (χ0v) is 18.6. The van der Waals surface area contributed by atoms with Crippen LogP contribution in [0.1, 0.15) is 52.5 Å². The molecule has 29 heavy (non-hydrogen) atoms. The maximum absolute atomic E-state index is 11.3. The number of carbonyl (C=O) groups is 1. The summed E-state index contributed by atoms with van der Waals surface area (Å²) in [6.07, 6.45) is 4.20. The monoisotopic (exact) mass is 400 g/mol. The average molecular weight is 401 g/mol. The Kier molecular flexibility index (Phi) is 13.0. The summed E-state index contributed by atoms with van der Waals surface area (Å²) in [5.41, 5.74) is 2.27. The number of ether oxygens (including phenoxy) is 3. The normalized spacial score (nSPS) is 14.6. The van der Waals surface area contributed by atoms with Crippen LogP contribution >= 0.6 is 0 Å². The topological polar surface area (TPSA) is 44.8 Å². The maximum atomic E-state index is 11.3. The summed E-state index contributed by atoms with van der Waals surface area (Å²) in [6, 6.07) is 10.2. The van der Waals surface area contributed by atoms with Crippen molar-refractivity contribution in [3.8, 4) is 11.8 Å². The first-order valence-electron chi connectivity index (χ1n) is 10.3. The van der Waals surface area contributed by atoms with Gasteiger partial charge in [-0.05, 0) is 44.2 Å². The van der Waals surface area contributed by atoms with Gasteiger partial charge in [0, 0.05) is 32.5 Å². The average Bonchev–Trinajstić information content (AvgIpc) is 2.67. The van der Waals surface area contributed by atoms with Crippen molar-refractivity contribution in [3.05, 3.63) is 47.5 Å². The zero-order chi connectivity index (χ0) is 21.5. The molecule has 1 rings (SSSR count). The lowest BCUT2D eigenvalue weighted by Crippen LogP contribution is -2.24. The highest BCUT2D eigenvalue weighted by Gasteiger charge is 2.19. The first-order valence-corrected chi connectivity index (χ1v) is 10.3. The summed E-state index contributed by atoms with van der Waals surface area (Å²) >= 11 is 0. The van der Waals surface area contributed by atoms with E-state index in [1.807, 2.05) is 32.0 Å². The zero-order valence-electron chi connectivity index (χ0n) is 18.6. The van der Waals surface area contributed by atoms with Gasteiger partial charge < -0.3 is 19.0 Å². The van der Waals surface area contributed by atoms with E-state index in [0.29, 0.717) is 19.6 Å². The molecule has 0 aromatic heterocycles. The highest BCUT2D eigenvalue weighted by Crippen LogP contribution is 2.19. The van der Waals surface area contributed by atoms with Gasteiger partial charge in [0.25, 0.3) is 0 Å². The van der Waals surface area contributed by atoms with Crippen molar-refractivity contribution in [1.82, 2.24) is 0 Å². The summed E-state index contributed by atoms with van der Waals surface area (Å²) < 4.78 is 16.6. The molecule has 0 radical (unpaired) electrons. The Hall–Kier alpha value is -1.93. The Morgan fingerprint density at radius 3 is 2.55 bits per heavy atom. The van der Waals surface area contributed by atoms with Gasteiger partial charge >= 0.3 is 0 Å². The van der Waals surface area contributed by atoms with E-state index in [2.05, 4.69) is 37.0 Å². The van der Waals surface area contributed by atoms with Crippen LogP contribution in [-0.2, 0) is 25.6 Å². The van der Waals surface area contributed by atoms with Gasteiger partial charge in [0.1, 0.15) is 12.6 Å². The predicted octanol–water partition coefficient (Wildman–Crippen LogP) is 5.17. The number of carbonyl (C=O) groups excluding carboxylic acids is 1. The number of allylic oxidation sites excluding steroid dienone is 1. The van der Waals surface area contributed by atoms with E-state index in [1.165, 1.54) is 5.56 Å². The van der Waals surface area contributed by atoms with Gasteiger partial charge in [-0.15, -0.1) is 5.92 Å². The molecule has 0 heterocycles. The minimum absolute atomic E-state index is 0.0381. The van der Waals surface area contributed by atoms with Gasteiger partial charge in [0.15, 0.2) is 0 Å². The van der Waals surface area contributed by atoms with Gasteiger partial charge in [-0.2, -0.15) is 0 Å². The third kappa shape index (κ3) is 11.6. The minimum atomic E-state index is -0.147. The molecule has 0 aliphatic heterocycles. The Morgan fingerprint density at radius 1 is 1.17 bits per heavy atom. The molecule has 1 aromatic carbocycles. The van der Waals surface area contributed by atoms with Crippen molar-refractivity contribution in [2.45, 2.75) is 59.7 Å². The van der Waals surface area contributed by atoms with E-state index in [4.69, 9.17) is 14.2 Å². The van der Waals surface area contributed by atoms with Crippen LogP contribution in [0, 0.1) is 23.7 Å². The van der Waals surface area contributed by atoms with Crippen molar-refractivity contribution >= 4 is 5.78 Å². The van der Waals surface area contributed by atoms with E-state index >= 15 is 0 Å². The molecule has 4 heteroatoms. The predicted molar refractivity (Wildman–Crippen MR) is 117 cm³/mol. The smallest absolute Gasteiger partial charge is 0.147 e. The fourth-order valence-electron chi connectivity index (χ4n) is 3.20. The first kappa shape index (κ1) is 25.1. The molecule has 0 fully saturated rings. The largest absolute Gasteiger partial charge is 0.377 e. The number of unbranched alkanes of at least 4 members (excludes halogenated alkanes) is 1. The lowest BCUT2D eigenvalue weighted by molar-refractivity contribution is -0.117. The number of ketones is 1. The van der Waals surface area contributed by atoms with Gasteiger partial charge in [0.05, 0.1) is 12.7 Å². The Labute approximate surface area is 176 Å². The summed E-state index contributed by atoms with van der Waals surface area (Å²) in [6.45, 7) is 9.32. The molecule has 0 aliphatic carbocycles. The Balaban J connectivity index is 2.47. The number of methoxy groups -OCH3 is 1. The highest BCUT2D eigenvalue weighted by molar-refractivity contribution is 5.75. The van der Waals surface area contributed by atoms with Crippen LogP contribution in [0.2, 0.25) is 0 Å². The van der Waals surface area contributed by atoms with Crippen molar-refractivity contribution in [3.63, 3.8) is 0 Å². The number of Topliss-reactive ketones (excluding diaryl/α,β-unsaturated/α-hetero) is 1. The number of benzene rings is 1. The third-order valence-electron chi connectivity index (χ3n) is 4.46. The quantitative estimate of drug-likeness (QED) is 0.198. The molecule has 3 atom stereocenters. The Bertz CT molecular complexity index is 669. The van der Waals surface area contributed by atoms with Crippen LogP contribution in [0.4, 0.5) is 0 Å². The van der Waals surface area contributed by atoms with Gasteiger partial charge in [0.2, 0.25) is 0 Å². The van der Waals surface area contributed by atoms with E-state index < -0.39 is 0 Å². The number of hydrogen-bond donors (Lipinski definition) is 0. The van der Waals surface area contributed by atoms with Crippen LogP contribution < -0.4 is 0 Å². The molecule has 1 aromatic rings. The second-order valence-corrected chi connectivity index (χ2v) is 7.54. The van der Waals surface area contributed by atoms with Gasteiger partial charge in [-0.3, -0.25) is 0 Å². The van der Waals surface area contributed by atoms with Gasteiger partial charge in [-0.25, -0.2) is 0 Å². The number of rotatable bonds is 13. The number of hydrogen-bond acceptors (Lipinski definition) is 4. The molecule has 160 valence electrons. The Morgan fingerprint density at radius 2 is 1.90 bits per heavy atom. The van der Waals surface area contributed by atoms with Crippen molar-refractivity contribution in [2.75, 3.05) is 20.5 Å². The molecular weight excluding hydrogens is 364 g/mol. The summed E-state index contributed by atoms with van der Waals surface area (Å²) in [5, 5.41) is 0. The second-order valence-electron chi connectivity index (χ2n) is 7.54. The molecule has 0 saturated carbocycles. The van der Waals surface area contributed by atoms with E-state index in [1.54, 1.807) is 14.0 Å². The molecule has 0 unspecified atom stereocenters. The standard InChI is InChI=1S/C25H36O4/c1-20(17-23(4)26)16-22(3)25(29-19-27-5)21(2)12-8-7-11-15-28-18-24-13-9-6-10-14-24/h6,9-10,13-14,16,20-21,25H,7,11,15,17-19H2,1-5H3/b22-16+/t20-,21+,25+/m0/s1. The fraction of sp³-hybridized carbons (Fsp3) is 0.560. The molecule has 0 saturated heterocycles. The van der Waals surface area contributed by atoms with E-state index in [0.717, 1.165) is 18.4 Å².